The van der Waals surface area contributed by atoms with E-state index in [-0.39, 0.29) is 0 Å². The van der Waals surface area contributed by atoms with Gasteiger partial charge in [-0.05, 0) is 49.8 Å². The maximum atomic E-state index is 5.87. The minimum absolute atomic E-state index is 0.808. The summed E-state index contributed by atoms with van der Waals surface area (Å²) in [6.45, 7) is 0. The molecular weight excluding hydrogens is 216 g/mol. The lowest BCUT2D eigenvalue weighted by Crippen LogP contribution is -1.88. The van der Waals surface area contributed by atoms with Crippen LogP contribution in [0.5, 0.6) is 0 Å². The lowest BCUT2D eigenvalue weighted by Gasteiger charge is -2.08. The highest BCUT2D eigenvalue weighted by atomic mass is 35.5. The van der Waals surface area contributed by atoms with Crippen LogP contribution in [0.1, 0.15) is 37.7 Å². The Morgan fingerprint density at radius 1 is 0.938 bits per heavy atom. The van der Waals surface area contributed by atoms with E-state index < -0.39 is 0 Å². The molecule has 1 heteroatoms. The van der Waals surface area contributed by atoms with Crippen molar-refractivity contribution in [1.29, 1.82) is 0 Å². The average Bonchev–Trinajstić information content (AvgIpc) is 2.25. The van der Waals surface area contributed by atoms with Gasteiger partial charge < -0.3 is 0 Å². The first kappa shape index (κ1) is 11.5. The van der Waals surface area contributed by atoms with Crippen molar-refractivity contribution in [3.05, 3.63) is 52.6 Å². The number of hydrogen-bond acceptors (Lipinski definition) is 0. The van der Waals surface area contributed by atoms with Crippen LogP contribution >= 0.6 is 11.6 Å². The summed E-state index contributed by atoms with van der Waals surface area (Å²) < 4.78 is 0. The first-order valence-electron chi connectivity index (χ1n) is 5.94. The van der Waals surface area contributed by atoms with Gasteiger partial charge in [0, 0.05) is 5.02 Å². The molecule has 0 bridgehead atoms. The van der Waals surface area contributed by atoms with E-state index in [2.05, 4.69) is 30.4 Å². The maximum absolute atomic E-state index is 5.87. The molecule has 16 heavy (non-hydrogen) atoms. The molecule has 0 N–H and O–H groups in total. The van der Waals surface area contributed by atoms with Crippen molar-refractivity contribution < 1.29 is 0 Å². The lowest BCUT2D eigenvalue weighted by atomic mass is 9.98. The van der Waals surface area contributed by atoms with Crippen LogP contribution in [0.25, 0.3) is 6.08 Å². The molecular formula is C15H17Cl. The van der Waals surface area contributed by atoms with Gasteiger partial charge in [0.25, 0.3) is 0 Å². The van der Waals surface area contributed by atoms with Crippen LogP contribution in [0.15, 0.2) is 42.0 Å². The van der Waals surface area contributed by atoms with Gasteiger partial charge >= 0.3 is 0 Å². The molecule has 1 aliphatic carbocycles. The molecule has 0 atom stereocenters. The largest absolute Gasteiger partial charge is 0.0885 e. The van der Waals surface area contributed by atoms with Gasteiger partial charge in [-0.25, -0.2) is 0 Å². The summed E-state index contributed by atoms with van der Waals surface area (Å²) in [4.78, 5) is 0. The molecule has 1 aromatic rings. The Bertz CT molecular complexity index is 384. The van der Waals surface area contributed by atoms with Gasteiger partial charge in [0.1, 0.15) is 0 Å². The minimum Gasteiger partial charge on any atom is -0.0885 e. The van der Waals surface area contributed by atoms with Gasteiger partial charge in [0.15, 0.2) is 0 Å². The highest BCUT2D eigenvalue weighted by Gasteiger charge is 2.00. The Balaban J connectivity index is 2.09. The molecule has 0 saturated carbocycles. The molecule has 2 rings (SSSR count). The Kier molecular flexibility index (Phi) is 4.24. The van der Waals surface area contributed by atoms with Crippen LogP contribution in [-0.2, 0) is 0 Å². The molecule has 0 saturated heterocycles. The molecule has 0 aliphatic heterocycles. The van der Waals surface area contributed by atoms with Crippen molar-refractivity contribution in [1.82, 2.24) is 0 Å². The molecule has 0 fully saturated rings. The Morgan fingerprint density at radius 3 is 2.50 bits per heavy atom. The molecule has 0 unspecified atom stereocenters. The third-order valence-electron chi connectivity index (χ3n) is 2.91. The second kappa shape index (κ2) is 5.91. The number of benzene rings is 1. The highest BCUT2D eigenvalue weighted by molar-refractivity contribution is 6.30. The smallest absolute Gasteiger partial charge is 0.0406 e. The summed E-state index contributed by atoms with van der Waals surface area (Å²) in [6.07, 6.45) is 13.0. The molecule has 0 nitrogen and oxygen atoms in total. The fourth-order valence-corrected chi connectivity index (χ4v) is 2.14. The number of allylic oxidation sites excluding steroid dienone is 3. The Morgan fingerprint density at radius 2 is 1.69 bits per heavy atom. The standard InChI is InChI=1S/C15H17Cl/c16-15-10-8-14(9-11-15)12-13-6-4-2-1-3-5-7-13/h1-2,8-12H,3-7H2/b2-1-,13-12+. The SMILES string of the molecule is Clc1ccc(/C=C2\CC/C=C\CCC2)cc1. The van der Waals surface area contributed by atoms with Gasteiger partial charge in [-0.1, -0.05) is 47.5 Å². The van der Waals surface area contributed by atoms with Crippen LogP contribution in [0.4, 0.5) is 0 Å². The molecule has 1 aliphatic rings. The summed E-state index contributed by atoms with van der Waals surface area (Å²) in [5, 5.41) is 0.808. The van der Waals surface area contributed by atoms with Gasteiger partial charge in [-0.2, -0.15) is 0 Å². The van der Waals surface area contributed by atoms with Gasteiger partial charge in [0.2, 0.25) is 0 Å². The number of hydrogen-bond donors (Lipinski definition) is 0. The van der Waals surface area contributed by atoms with Crippen LogP contribution < -0.4 is 0 Å². The van der Waals surface area contributed by atoms with E-state index in [0.29, 0.717) is 0 Å². The monoisotopic (exact) mass is 232 g/mol. The number of rotatable bonds is 1. The van der Waals surface area contributed by atoms with Crippen molar-refractivity contribution in [3.8, 4) is 0 Å². The predicted molar refractivity (Wildman–Crippen MR) is 71.7 cm³/mol. The van der Waals surface area contributed by atoms with Crippen molar-refractivity contribution >= 4 is 17.7 Å². The zero-order valence-electron chi connectivity index (χ0n) is 9.45. The molecule has 0 amide bonds. The molecule has 0 heterocycles. The first-order valence-corrected chi connectivity index (χ1v) is 6.32. The van der Waals surface area contributed by atoms with Crippen molar-refractivity contribution in [2.45, 2.75) is 32.1 Å². The highest BCUT2D eigenvalue weighted by Crippen LogP contribution is 2.21. The Hall–Kier alpha value is -1.01. The first-order chi connectivity index (χ1) is 7.84. The normalized spacial score (nSPS) is 21.4. The molecule has 1 aromatic carbocycles. The molecule has 84 valence electrons. The van der Waals surface area contributed by atoms with E-state index in [9.17, 15) is 0 Å². The summed E-state index contributed by atoms with van der Waals surface area (Å²) >= 11 is 5.87. The van der Waals surface area contributed by atoms with E-state index in [1.165, 1.54) is 37.7 Å². The van der Waals surface area contributed by atoms with Crippen molar-refractivity contribution in [2.75, 3.05) is 0 Å². The number of halogens is 1. The second-order valence-corrected chi connectivity index (χ2v) is 4.69. The van der Waals surface area contributed by atoms with Gasteiger partial charge in [-0.15, -0.1) is 0 Å². The Labute approximate surface area is 103 Å². The van der Waals surface area contributed by atoms with E-state index in [4.69, 9.17) is 11.6 Å². The zero-order chi connectivity index (χ0) is 11.2. The van der Waals surface area contributed by atoms with Crippen LogP contribution in [0.3, 0.4) is 0 Å². The van der Waals surface area contributed by atoms with Crippen molar-refractivity contribution in [3.63, 3.8) is 0 Å². The maximum Gasteiger partial charge on any atom is 0.0406 e. The predicted octanol–water partition coefficient (Wildman–Crippen LogP) is 5.24. The summed E-state index contributed by atoms with van der Waals surface area (Å²) in [5.74, 6) is 0. The summed E-state index contributed by atoms with van der Waals surface area (Å²) in [5.41, 5.74) is 2.83. The quantitative estimate of drug-likeness (QED) is 0.581. The lowest BCUT2D eigenvalue weighted by molar-refractivity contribution is 0.770. The van der Waals surface area contributed by atoms with Crippen LogP contribution in [-0.4, -0.2) is 0 Å². The van der Waals surface area contributed by atoms with Gasteiger partial charge in [0.05, 0.1) is 0 Å². The van der Waals surface area contributed by atoms with E-state index >= 15 is 0 Å². The zero-order valence-corrected chi connectivity index (χ0v) is 10.2. The van der Waals surface area contributed by atoms with Crippen LogP contribution in [0.2, 0.25) is 5.02 Å². The molecule has 0 radical (unpaired) electrons. The molecule has 0 spiro atoms. The second-order valence-electron chi connectivity index (χ2n) is 4.26. The minimum atomic E-state index is 0.808. The third-order valence-corrected chi connectivity index (χ3v) is 3.16. The van der Waals surface area contributed by atoms with E-state index in [0.717, 1.165) is 5.02 Å². The van der Waals surface area contributed by atoms with Crippen molar-refractivity contribution in [2.24, 2.45) is 0 Å². The van der Waals surface area contributed by atoms with Crippen LogP contribution in [0, 0.1) is 0 Å². The third kappa shape index (κ3) is 3.53. The molecule has 0 aromatic heterocycles. The fourth-order valence-electron chi connectivity index (χ4n) is 2.02. The topological polar surface area (TPSA) is 0 Å². The fraction of sp³-hybridized carbons (Fsp3) is 0.333. The van der Waals surface area contributed by atoms with E-state index in [1.807, 2.05) is 12.1 Å². The summed E-state index contributed by atoms with van der Waals surface area (Å²) in [6, 6.07) is 8.08. The van der Waals surface area contributed by atoms with Gasteiger partial charge in [-0.3, -0.25) is 0 Å². The van der Waals surface area contributed by atoms with E-state index in [1.54, 1.807) is 5.57 Å². The summed E-state index contributed by atoms with van der Waals surface area (Å²) in [7, 11) is 0. The average molecular weight is 233 g/mol.